The minimum Gasteiger partial charge on any atom is -0.343 e. The average molecular weight is 620 g/mol. The molecule has 0 aliphatic carbocycles. The number of halogens is 4. The maximum Gasteiger partial charge on any atom is 2.00 e. The molecular formula is C22H15F4N5Pt. The number of nitrogens with zero attached hydrogens (tertiary/aromatic N) is 5. The Hall–Kier alpha value is -2.93. The summed E-state index contributed by atoms with van der Waals surface area (Å²) >= 11 is 0. The number of rotatable bonds is 4. The van der Waals surface area contributed by atoms with Gasteiger partial charge in [0.1, 0.15) is 0 Å². The third-order valence-corrected chi connectivity index (χ3v) is 4.71. The molecule has 0 spiro atoms. The van der Waals surface area contributed by atoms with Gasteiger partial charge in [-0.1, -0.05) is 30.5 Å². The predicted octanol–water partition coefficient (Wildman–Crippen LogP) is 4.81. The first-order valence-corrected chi connectivity index (χ1v) is 9.19. The monoisotopic (exact) mass is 620 g/mol. The van der Waals surface area contributed by atoms with E-state index < -0.39 is 23.2 Å². The minimum atomic E-state index is -4.56. The molecule has 0 aliphatic rings. The van der Waals surface area contributed by atoms with Crippen LogP contribution in [0, 0.1) is 18.2 Å². The van der Waals surface area contributed by atoms with Crippen molar-refractivity contribution in [3.8, 4) is 17.2 Å². The second kappa shape index (κ2) is 8.90. The van der Waals surface area contributed by atoms with E-state index in [0.717, 1.165) is 10.7 Å². The van der Waals surface area contributed by atoms with Crippen LogP contribution in [0.2, 0.25) is 0 Å². The van der Waals surface area contributed by atoms with E-state index in [1.807, 2.05) is 13.8 Å². The summed E-state index contributed by atoms with van der Waals surface area (Å²) in [4.78, 5) is 12.9. The van der Waals surface area contributed by atoms with Crippen molar-refractivity contribution in [1.82, 2.24) is 24.7 Å². The molecule has 5 nitrogen and oxygen atoms in total. The van der Waals surface area contributed by atoms with Crippen LogP contribution in [-0.2, 0) is 32.7 Å². The SMILES string of the molecule is CC(C)(c1cccc(-c2[c-]ccc(F)n2)n1)c1cccc(-n2[c-]cc(C(F)(F)F)n2)n1.[Pt+2]. The van der Waals surface area contributed by atoms with Gasteiger partial charge >= 0.3 is 27.2 Å². The van der Waals surface area contributed by atoms with Crippen LogP contribution in [0.3, 0.4) is 0 Å². The first-order chi connectivity index (χ1) is 14.6. The Morgan fingerprint density at radius 1 is 0.875 bits per heavy atom. The molecule has 4 heterocycles. The van der Waals surface area contributed by atoms with Gasteiger partial charge in [-0.2, -0.15) is 25.3 Å². The fourth-order valence-electron chi connectivity index (χ4n) is 2.98. The molecule has 4 aromatic heterocycles. The summed E-state index contributed by atoms with van der Waals surface area (Å²) in [5, 5.41) is 3.52. The van der Waals surface area contributed by atoms with E-state index in [2.05, 4.69) is 32.3 Å². The Balaban J connectivity index is 0.00000289. The maximum absolute atomic E-state index is 13.5. The molecule has 0 unspecified atom stereocenters. The summed E-state index contributed by atoms with van der Waals surface area (Å²) in [6.07, 6.45) is -2.12. The van der Waals surface area contributed by atoms with Crippen LogP contribution in [0.1, 0.15) is 30.9 Å². The third kappa shape index (κ3) is 4.77. The van der Waals surface area contributed by atoms with Crippen LogP contribution in [0.5, 0.6) is 0 Å². The largest absolute Gasteiger partial charge is 2.00 e. The molecule has 0 aliphatic heterocycles. The number of pyridine rings is 3. The number of alkyl halides is 3. The number of hydrogen-bond acceptors (Lipinski definition) is 4. The molecule has 0 radical (unpaired) electrons. The number of hydrogen-bond donors (Lipinski definition) is 0. The molecular weight excluding hydrogens is 605 g/mol. The summed E-state index contributed by atoms with van der Waals surface area (Å²) < 4.78 is 53.0. The van der Waals surface area contributed by atoms with E-state index in [0.29, 0.717) is 17.1 Å². The standard InChI is InChI=1S/C22H15F4N5.Pt/c1-21(2,16-8-3-6-14(27-16)15-7-4-10-19(23)28-15)17-9-5-11-20(29-17)31-13-12-18(30-31)22(24,25)26;/h3-6,8-12H,1-2H3;/q-2;+2. The first-order valence-electron chi connectivity index (χ1n) is 9.19. The van der Waals surface area contributed by atoms with Gasteiger partial charge in [-0.25, -0.2) is 4.39 Å². The Bertz CT molecular complexity index is 1240. The van der Waals surface area contributed by atoms with Crippen molar-refractivity contribution in [2.24, 2.45) is 0 Å². The van der Waals surface area contributed by atoms with Gasteiger partial charge in [0.2, 0.25) is 0 Å². The third-order valence-electron chi connectivity index (χ3n) is 4.71. The molecule has 0 saturated carbocycles. The van der Waals surface area contributed by atoms with E-state index in [4.69, 9.17) is 0 Å². The zero-order valence-electron chi connectivity index (χ0n) is 16.8. The summed E-state index contributed by atoms with van der Waals surface area (Å²) in [7, 11) is 0. The molecule has 4 aromatic rings. The Morgan fingerprint density at radius 3 is 2.22 bits per heavy atom. The molecule has 4 rings (SSSR count). The van der Waals surface area contributed by atoms with E-state index >= 15 is 0 Å². The fourth-order valence-corrected chi connectivity index (χ4v) is 2.98. The van der Waals surface area contributed by atoms with Crippen molar-refractivity contribution >= 4 is 0 Å². The van der Waals surface area contributed by atoms with E-state index in [1.165, 1.54) is 12.1 Å². The van der Waals surface area contributed by atoms with Crippen LogP contribution >= 0.6 is 0 Å². The Labute approximate surface area is 195 Å². The van der Waals surface area contributed by atoms with Gasteiger partial charge in [0.15, 0.2) is 5.95 Å². The zero-order chi connectivity index (χ0) is 22.2. The second-order valence-electron chi connectivity index (χ2n) is 7.24. The smallest absolute Gasteiger partial charge is 0.343 e. The summed E-state index contributed by atoms with van der Waals surface area (Å²) in [6, 6.07) is 16.5. The van der Waals surface area contributed by atoms with Gasteiger partial charge in [-0.3, -0.25) is 15.1 Å². The molecule has 0 bridgehead atoms. The zero-order valence-corrected chi connectivity index (χ0v) is 19.0. The molecule has 0 aromatic carbocycles. The molecule has 0 atom stereocenters. The van der Waals surface area contributed by atoms with Crippen LogP contribution in [0.4, 0.5) is 17.6 Å². The molecule has 10 heteroatoms. The molecule has 0 fully saturated rings. The van der Waals surface area contributed by atoms with Gasteiger partial charge in [0.25, 0.3) is 0 Å². The summed E-state index contributed by atoms with van der Waals surface area (Å²) in [5.41, 5.74) is 0.117. The van der Waals surface area contributed by atoms with Crippen molar-refractivity contribution < 1.29 is 38.6 Å². The first kappa shape index (κ1) is 23.7. The molecule has 0 saturated heterocycles. The van der Waals surface area contributed by atoms with E-state index in [9.17, 15) is 17.6 Å². The maximum atomic E-state index is 13.5. The van der Waals surface area contributed by atoms with Gasteiger partial charge in [-0.15, -0.1) is 12.1 Å². The van der Waals surface area contributed by atoms with Crippen molar-refractivity contribution in [2.45, 2.75) is 25.4 Å². The van der Waals surface area contributed by atoms with Crippen molar-refractivity contribution in [3.63, 3.8) is 0 Å². The molecule has 0 N–H and O–H groups in total. The topological polar surface area (TPSA) is 56.5 Å². The van der Waals surface area contributed by atoms with Crippen molar-refractivity contribution in [2.75, 3.05) is 0 Å². The molecule has 32 heavy (non-hydrogen) atoms. The summed E-state index contributed by atoms with van der Waals surface area (Å²) in [6.45, 7) is 3.75. The van der Waals surface area contributed by atoms with Gasteiger partial charge in [0.05, 0.1) is 11.5 Å². The van der Waals surface area contributed by atoms with Gasteiger partial charge in [-0.05, 0) is 37.4 Å². The number of aromatic nitrogens is 5. The van der Waals surface area contributed by atoms with Crippen molar-refractivity contribution in [1.29, 1.82) is 0 Å². The molecule has 0 amide bonds. The second-order valence-corrected chi connectivity index (χ2v) is 7.24. The van der Waals surface area contributed by atoms with Gasteiger partial charge in [0, 0.05) is 16.8 Å². The average Bonchev–Trinajstić information content (AvgIpc) is 3.25. The van der Waals surface area contributed by atoms with Crippen molar-refractivity contribution in [3.05, 3.63) is 89.9 Å². The van der Waals surface area contributed by atoms with Gasteiger partial charge < -0.3 is 9.67 Å². The van der Waals surface area contributed by atoms with Crippen LogP contribution in [0.15, 0.2) is 54.6 Å². The van der Waals surface area contributed by atoms with Crippen LogP contribution < -0.4 is 0 Å². The Kier molecular flexibility index (Phi) is 6.60. The Morgan fingerprint density at radius 2 is 1.56 bits per heavy atom. The minimum absolute atomic E-state index is 0. The van der Waals surface area contributed by atoms with Crippen LogP contribution in [-0.4, -0.2) is 24.7 Å². The predicted molar refractivity (Wildman–Crippen MR) is 104 cm³/mol. The fraction of sp³-hybridized carbons (Fsp3) is 0.182. The molecule has 166 valence electrons. The quantitative estimate of drug-likeness (QED) is 0.187. The van der Waals surface area contributed by atoms with Crippen LogP contribution in [0.25, 0.3) is 17.2 Å². The normalized spacial score (nSPS) is 11.8. The van der Waals surface area contributed by atoms with E-state index in [1.54, 1.807) is 36.4 Å². The van der Waals surface area contributed by atoms with E-state index in [-0.39, 0.29) is 32.6 Å². The summed E-state index contributed by atoms with van der Waals surface area (Å²) in [5.74, 6) is -0.444.